The largest absolute Gasteiger partial charge is 0.384 e. The molecule has 4 nitrogen and oxygen atoms in total. The van der Waals surface area contributed by atoms with Gasteiger partial charge in [-0.3, -0.25) is 0 Å². The molecule has 0 atom stereocenters. The van der Waals surface area contributed by atoms with Crippen LogP contribution in [-0.4, -0.2) is 47.9 Å². The summed E-state index contributed by atoms with van der Waals surface area (Å²) in [5, 5.41) is 0. The first kappa shape index (κ1) is 15.8. The van der Waals surface area contributed by atoms with E-state index in [2.05, 4.69) is 0 Å². The maximum Gasteiger partial charge on any atom is 0.156 e. The van der Waals surface area contributed by atoms with Gasteiger partial charge in [-0.2, -0.15) is 0 Å². The van der Waals surface area contributed by atoms with Gasteiger partial charge in [0.1, 0.15) is 0 Å². The normalized spacial score (nSPS) is 11.6. The Morgan fingerprint density at radius 2 is 1.25 bits per heavy atom. The summed E-state index contributed by atoms with van der Waals surface area (Å²) in [5.41, 5.74) is 0. The lowest BCUT2D eigenvalue weighted by Crippen LogP contribution is -2.15. The van der Waals surface area contributed by atoms with E-state index in [1.165, 1.54) is 0 Å². The topological polar surface area (TPSA) is 36.9 Å². The van der Waals surface area contributed by atoms with Gasteiger partial charge < -0.3 is 18.9 Å². The fraction of sp³-hybridized carbons (Fsp3) is 1.00. The van der Waals surface area contributed by atoms with E-state index in [1.807, 2.05) is 0 Å². The summed E-state index contributed by atoms with van der Waals surface area (Å²) >= 11 is 0. The van der Waals surface area contributed by atoms with E-state index in [9.17, 15) is 0 Å². The van der Waals surface area contributed by atoms with Gasteiger partial charge >= 0.3 is 0 Å². The number of unbranched alkanes of at least 4 members (excludes halogenated alkanes) is 1. The van der Waals surface area contributed by atoms with E-state index in [-0.39, 0.29) is 6.29 Å². The molecule has 0 aliphatic carbocycles. The van der Waals surface area contributed by atoms with Gasteiger partial charge in [0.15, 0.2) is 6.29 Å². The van der Waals surface area contributed by atoms with Crippen LogP contribution >= 0.6 is 0 Å². The Balaban J connectivity index is 3.52. The van der Waals surface area contributed by atoms with Gasteiger partial charge in [0.25, 0.3) is 0 Å². The lowest BCUT2D eigenvalue weighted by molar-refractivity contribution is -0.107. The zero-order chi connectivity index (χ0) is 12.2. The summed E-state index contributed by atoms with van der Waals surface area (Å²) in [6, 6.07) is 0. The van der Waals surface area contributed by atoms with Crippen LogP contribution in [0, 0.1) is 5.92 Å². The Morgan fingerprint density at radius 1 is 0.750 bits per heavy atom. The van der Waals surface area contributed by atoms with Crippen LogP contribution in [-0.2, 0) is 18.9 Å². The highest BCUT2D eigenvalue weighted by atomic mass is 16.7. The van der Waals surface area contributed by atoms with Crippen molar-refractivity contribution in [2.75, 3.05) is 41.7 Å². The van der Waals surface area contributed by atoms with Crippen molar-refractivity contribution < 1.29 is 18.9 Å². The molecule has 0 aliphatic heterocycles. The molecule has 0 aromatic heterocycles. The number of ether oxygens (including phenoxy) is 4. The van der Waals surface area contributed by atoms with Crippen LogP contribution in [0.2, 0.25) is 0 Å². The molecule has 0 spiro atoms. The van der Waals surface area contributed by atoms with E-state index >= 15 is 0 Å². The molecule has 0 amide bonds. The third kappa shape index (κ3) is 8.05. The van der Waals surface area contributed by atoms with Crippen LogP contribution in [0.4, 0.5) is 0 Å². The molecule has 0 N–H and O–H groups in total. The third-order valence-corrected chi connectivity index (χ3v) is 2.63. The Morgan fingerprint density at radius 3 is 1.69 bits per heavy atom. The molecule has 0 saturated heterocycles. The Hall–Kier alpha value is -0.160. The fourth-order valence-corrected chi connectivity index (χ4v) is 1.76. The predicted octanol–water partition coefficient (Wildman–Crippen LogP) is 2.07. The van der Waals surface area contributed by atoms with Crippen LogP contribution < -0.4 is 0 Å². The SMILES string of the molecule is COCC(CCCCC(OC)OC)COC. The summed E-state index contributed by atoms with van der Waals surface area (Å²) < 4.78 is 20.6. The van der Waals surface area contributed by atoms with Crippen molar-refractivity contribution in [3.8, 4) is 0 Å². The quantitative estimate of drug-likeness (QED) is 0.405. The molecule has 0 saturated carbocycles. The van der Waals surface area contributed by atoms with E-state index in [4.69, 9.17) is 18.9 Å². The second-order valence-electron chi connectivity index (χ2n) is 3.96. The zero-order valence-corrected chi connectivity index (χ0v) is 11.0. The average molecular weight is 234 g/mol. The molecule has 0 heterocycles. The Bertz CT molecular complexity index is 131. The number of methoxy groups -OCH3 is 4. The second kappa shape index (κ2) is 11.3. The number of hydrogen-bond donors (Lipinski definition) is 0. The predicted molar refractivity (Wildman–Crippen MR) is 63.5 cm³/mol. The average Bonchev–Trinajstić information content (AvgIpc) is 2.30. The van der Waals surface area contributed by atoms with Crippen LogP contribution in [0.25, 0.3) is 0 Å². The molecule has 0 aromatic carbocycles. The summed E-state index contributed by atoms with van der Waals surface area (Å²) in [4.78, 5) is 0. The van der Waals surface area contributed by atoms with Gasteiger partial charge in [-0.1, -0.05) is 6.42 Å². The molecule has 4 heteroatoms. The lowest BCUT2D eigenvalue weighted by atomic mass is 10.0. The van der Waals surface area contributed by atoms with Crippen molar-refractivity contribution in [2.24, 2.45) is 5.92 Å². The van der Waals surface area contributed by atoms with Crippen LogP contribution in [0.3, 0.4) is 0 Å². The van der Waals surface area contributed by atoms with Gasteiger partial charge in [-0.15, -0.1) is 0 Å². The summed E-state index contributed by atoms with van der Waals surface area (Å²) in [6.45, 7) is 1.54. The maximum atomic E-state index is 5.15. The van der Waals surface area contributed by atoms with Gasteiger partial charge in [-0.05, 0) is 19.3 Å². The minimum Gasteiger partial charge on any atom is -0.384 e. The first-order valence-electron chi connectivity index (χ1n) is 5.81. The molecule has 98 valence electrons. The van der Waals surface area contributed by atoms with Crippen molar-refractivity contribution >= 4 is 0 Å². The standard InChI is InChI=1S/C12H26O4/c1-13-9-11(10-14-2)7-5-6-8-12(15-3)16-4/h11-12H,5-10H2,1-4H3. The monoisotopic (exact) mass is 234 g/mol. The van der Waals surface area contributed by atoms with Crippen molar-refractivity contribution in [3.63, 3.8) is 0 Å². The van der Waals surface area contributed by atoms with Gasteiger partial charge in [0.2, 0.25) is 0 Å². The van der Waals surface area contributed by atoms with Crippen LogP contribution in [0.5, 0.6) is 0 Å². The molecule has 0 bridgehead atoms. The third-order valence-electron chi connectivity index (χ3n) is 2.63. The molecular weight excluding hydrogens is 208 g/mol. The number of rotatable bonds is 11. The minimum absolute atomic E-state index is 0.0664. The molecule has 0 aromatic rings. The fourth-order valence-electron chi connectivity index (χ4n) is 1.76. The molecule has 0 unspecified atom stereocenters. The van der Waals surface area contributed by atoms with E-state index in [0.717, 1.165) is 38.9 Å². The molecular formula is C12H26O4. The van der Waals surface area contributed by atoms with Crippen molar-refractivity contribution in [2.45, 2.75) is 32.0 Å². The summed E-state index contributed by atoms with van der Waals surface area (Å²) in [7, 11) is 6.81. The minimum atomic E-state index is -0.0664. The molecule has 0 fully saturated rings. The van der Waals surface area contributed by atoms with Crippen molar-refractivity contribution in [3.05, 3.63) is 0 Å². The zero-order valence-electron chi connectivity index (χ0n) is 11.0. The second-order valence-corrected chi connectivity index (χ2v) is 3.96. The highest BCUT2D eigenvalue weighted by Gasteiger charge is 2.09. The number of hydrogen-bond acceptors (Lipinski definition) is 4. The highest BCUT2D eigenvalue weighted by molar-refractivity contribution is 4.58. The highest BCUT2D eigenvalue weighted by Crippen LogP contribution is 2.13. The van der Waals surface area contributed by atoms with Gasteiger partial charge in [0.05, 0.1) is 13.2 Å². The molecule has 16 heavy (non-hydrogen) atoms. The van der Waals surface area contributed by atoms with E-state index < -0.39 is 0 Å². The van der Waals surface area contributed by atoms with Gasteiger partial charge in [0, 0.05) is 34.4 Å². The summed E-state index contributed by atoms with van der Waals surface area (Å²) in [6.07, 6.45) is 4.27. The van der Waals surface area contributed by atoms with Crippen molar-refractivity contribution in [1.82, 2.24) is 0 Å². The molecule has 0 rings (SSSR count). The lowest BCUT2D eigenvalue weighted by Gasteiger charge is -2.16. The molecule has 0 aliphatic rings. The van der Waals surface area contributed by atoms with Crippen LogP contribution in [0.15, 0.2) is 0 Å². The van der Waals surface area contributed by atoms with E-state index in [0.29, 0.717) is 5.92 Å². The smallest absolute Gasteiger partial charge is 0.156 e. The summed E-state index contributed by atoms with van der Waals surface area (Å²) in [5.74, 6) is 0.499. The maximum absolute atomic E-state index is 5.15. The first-order valence-corrected chi connectivity index (χ1v) is 5.81. The first-order chi connectivity index (χ1) is 7.78. The van der Waals surface area contributed by atoms with Crippen LogP contribution in [0.1, 0.15) is 25.7 Å². The Labute approximate surface area is 99.2 Å². The van der Waals surface area contributed by atoms with Crippen molar-refractivity contribution in [1.29, 1.82) is 0 Å². The Kier molecular flexibility index (Phi) is 11.2. The molecule has 0 radical (unpaired) electrons. The van der Waals surface area contributed by atoms with E-state index in [1.54, 1.807) is 28.4 Å². The van der Waals surface area contributed by atoms with Gasteiger partial charge in [-0.25, -0.2) is 0 Å².